The van der Waals surface area contributed by atoms with E-state index in [0.717, 1.165) is 18.4 Å². The van der Waals surface area contributed by atoms with E-state index in [2.05, 4.69) is 0 Å². The zero-order chi connectivity index (χ0) is 12.2. The molecule has 0 bridgehead atoms. The number of hydrogen-bond acceptors (Lipinski definition) is 4. The van der Waals surface area contributed by atoms with Gasteiger partial charge in [0.05, 0.1) is 16.2 Å². The van der Waals surface area contributed by atoms with Gasteiger partial charge in [-0.1, -0.05) is 6.07 Å². The van der Waals surface area contributed by atoms with Crippen LogP contribution in [0.15, 0.2) is 12.1 Å². The molecule has 2 aliphatic heterocycles. The molecule has 2 heterocycles. The maximum atomic E-state index is 11.9. The average molecular weight is 254 g/mol. The van der Waals surface area contributed by atoms with Crippen LogP contribution in [0.1, 0.15) is 17.5 Å². The Hall–Kier alpha value is -1.63. The maximum absolute atomic E-state index is 11.9. The Morgan fingerprint density at radius 3 is 2.82 bits per heavy atom. The monoisotopic (exact) mass is 254 g/mol. The summed E-state index contributed by atoms with van der Waals surface area (Å²) in [6.07, 6.45) is 1.55. The van der Waals surface area contributed by atoms with Crippen LogP contribution in [-0.4, -0.2) is 19.9 Å². The van der Waals surface area contributed by atoms with Gasteiger partial charge in [0.25, 0.3) is 5.69 Å². The number of nitro benzene ring substituents is 1. The lowest BCUT2D eigenvalue weighted by atomic mass is 9.99. The largest absolute Gasteiger partial charge is 0.275 e. The SMILES string of the molecule is O=[N+]([O-])c1ccc2c3c1CS(=O)(=O)N3CCC2. The van der Waals surface area contributed by atoms with Crippen LogP contribution < -0.4 is 4.31 Å². The molecule has 0 saturated heterocycles. The molecular weight excluding hydrogens is 244 g/mol. The van der Waals surface area contributed by atoms with Gasteiger partial charge < -0.3 is 0 Å². The number of nitro groups is 1. The summed E-state index contributed by atoms with van der Waals surface area (Å²) in [7, 11) is -3.39. The van der Waals surface area contributed by atoms with Crippen molar-refractivity contribution >= 4 is 21.4 Å². The number of nitrogens with zero attached hydrogens (tertiary/aromatic N) is 2. The highest BCUT2D eigenvalue weighted by molar-refractivity contribution is 7.92. The van der Waals surface area contributed by atoms with Crippen LogP contribution >= 0.6 is 0 Å². The van der Waals surface area contributed by atoms with Crippen LogP contribution in [-0.2, 0) is 22.2 Å². The van der Waals surface area contributed by atoms with Crippen molar-refractivity contribution in [2.45, 2.75) is 18.6 Å². The molecule has 1 aromatic rings. The first-order chi connectivity index (χ1) is 8.00. The number of rotatable bonds is 1. The summed E-state index contributed by atoms with van der Waals surface area (Å²) in [4.78, 5) is 10.4. The average Bonchev–Trinajstić information content (AvgIpc) is 2.53. The summed E-state index contributed by atoms with van der Waals surface area (Å²) in [6.45, 7) is 0.434. The molecule has 6 nitrogen and oxygen atoms in total. The molecule has 0 atom stereocenters. The van der Waals surface area contributed by atoms with Crippen molar-refractivity contribution < 1.29 is 13.3 Å². The van der Waals surface area contributed by atoms with Crippen LogP contribution in [0.4, 0.5) is 11.4 Å². The molecule has 3 rings (SSSR count). The number of benzene rings is 1. The highest BCUT2D eigenvalue weighted by Crippen LogP contribution is 2.44. The number of sulfonamides is 1. The van der Waals surface area contributed by atoms with Gasteiger partial charge in [-0.3, -0.25) is 14.4 Å². The fourth-order valence-corrected chi connectivity index (χ4v) is 4.28. The molecular formula is C10H10N2O4S. The van der Waals surface area contributed by atoms with Crippen LogP contribution in [0.3, 0.4) is 0 Å². The van der Waals surface area contributed by atoms with E-state index >= 15 is 0 Å². The summed E-state index contributed by atoms with van der Waals surface area (Å²) < 4.78 is 25.2. The van der Waals surface area contributed by atoms with E-state index < -0.39 is 14.9 Å². The minimum Gasteiger partial charge on any atom is -0.269 e. The molecule has 0 radical (unpaired) electrons. The molecule has 0 spiro atoms. The lowest BCUT2D eigenvalue weighted by Gasteiger charge is -2.25. The van der Waals surface area contributed by atoms with Gasteiger partial charge >= 0.3 is 0 Å². The fraction of sp³-hybridized carbons (Fsp3) is 0.400. The van der Waals surface area contributed by atoms with Gasteiger partial charge in [0, 0.05) is 12.6 Å². The standard InChI is InChI=1S/C10H10N2O4S/c13-12(14)9-4-3-7-2-1-5-11-10(7)8(9)6-17(11,15)16/h3-4H,1-2,5-6H2. The molecule has 17 heavy (non-hydrogen) atoms. The maximum Gasteiger partial charge on any atom is 0.275 e. The summed E-state index contributed by atoms with van der Waals surface area (Å²) >= 11 is 0. The van der Waals surface area contributed by atoms with Gasteiger partial charge in [-0.05, 0) is 18.4 Å². The number of hydrogen-bond donors (Lipinski definition) is 0. The lowest BCUT2D eigenvalue weighted by Crippen LogP contribution is -2.31. The van der Waals surface area contributed by atoms with Gasteiger partial charge in [0.1, 0.15) is 5.75 Å². The molecule has 2 aliphatic rings. The van der Waals surface area contributed by atoms with Gasteiger partial charge in [0.2, 0.25) is 10.0 Å². The third-order valence-corrected chi connectivity index (χ3v) is 4.95. The second kappa shape index (κ2) is 3.19. The molecule has 0 saturated carbocycles. The minimum atomic E-state index is -3.39. The third-order valence-electron chi connectivity index (χ3n) is 3.26. The van der Waals surface area contributed by atoms with Crippen molar-refractivity contribution in [1.29, 1.82) is 0 Å². The number of anilines is 1. The van der Waals surface area contributed by atoms with Crippen molar-refractivity contribution in [2.24, 2.45) is 0 Å². The Bertz CT molecular complexity index is 623. The molecule has 0 amide bonds. The Morgan fingerprint density at radius 2 is 2.12 bits per heavy atom. The van der Waals surface area contributed by atoms with Gasteiger partial charge in [0.15, 0.2) is 0 Å². The summed E-state index contributed by atoms with van der Waals surface area (Å²) in [5, 5.41) is 10.9. The first kappa shape index (κ1) is 10.5. The predicted molar refractivity (Wildman–Crippen MR) is 61.4 cm³/mol. The predicted octanol–water partition coefficient (Wildman–Crippen LogP) is 1.19. The third kappa shape index (κ3) is 1.35. The van der Waals surface area contributed by atoms with Crippen LogP contribution in [0.5, 0.6) is 0 Å². The molecule has 0 fully saturated rings. The summed E-state index contributed by atoms with van der Waals surface area (Å²) in [5.74, 6) is -0.244. The smallest absolute Gasteiger partial charge is 0.269 e. The molecule has 0 unspecified atom stereocenters. The quantitative estimate of drug-likeness (QED) is 0.557. The molecule has 0 aromatic heterocycles. The Kier molecular flexibility index (Phi) is 1.97. The van der Waals surface area contributed by atoms with E-state index in [0.29, 0.717) is 17.8 Å². The second-order valence-corrected chi connectivity index (χ2v) is 6.15. The normalized spacial score (nSPS) is 20.1. The van der Waals surface area contributed by atoms with Crippen LogP contribution in [0.2, 0.25) is 0 Å². The summed E-state index contributed by atoms with van der Waals surface area (Å²) in [6, 6.07) is 3.09. The zero-order valence-corrected chi connectivity index (χ0v) is 9.74. The fourth-order valence-electron chi connectivity index (χ4n) is 2.56. The van der Waals surface area contributed by atoms with Crippen molar-refractivity contribution in [3.8, 4) is 0 Å². The van der Waals surface area contributed by atoms with E-state index in [1.165, 1.54) is 10.4 Å². The van der Waals surface area contributed by atoms with Crippen molar-refractivity contribution in [2.75, 3.05) is 10.8 Å². The second-order valence-electron chi connectivity index (χ2n) is 4.26. The molecule has 0 aliphatic carbocycles. The highest BCUT2D eigenvalue weighted by atomic mass is 32.2. The first-order valence-corrected chi connectivity index (χ1v) is 6.91. The van der Waals surface area contributed by atoms with Crippen molar-refractivity contribution in [3.63, 3.8) is 0 Å². The summed E-state index contributed by atoms with van der Waals surface area (Å²) in [5.41, 5.74) is 1.73. The van der Waals surface area contributed by atoms with Gasteiger partial charge in [-0.15, -0.1) is 0 Å². The Balaban J connectivity index is 2.32. The molecule has 7 heteroatoms. The van der Waals surface area contributed by atoms with E-state index in [1.54, 1.807) is 6.07 Å². The van der Waals surface area contributed by atoms with E-state index in [1.807, 2.05) is 0 Å². The molecule has 0 N–H and O–H groups in total. The lowest BCUT2D eigenvalue weighted by molar-refractivity contribution is -0.385. The van der Waals surface area contributed by atoms with Crippen LogP contribution in [0, 0.1) is 10.1 Å². The van der Waals surface area contributed by atoms with Crippen molar-refractivity contribution in [3.05, 3.63) is 33.4 Å². The molecule has 90 valence electrons. The van der Waals surface area contributed by atoms with E-state index in [4.69, 9.17) is 0 Å². The van der Waals surface area contributed by atoms with Gasteiger partial charge in [-0.2, -0.15) is 0 Å². The van der Waals surface area contributed by atoms with Crippen molar-refractivity contribution in [1.82, 2.24) is 0 Å². The topological polar surface area (TPSA) is 80.5 Å². The number of aryl methyl sites for hydroxylation is 1. The first-order valence-electron chi connectivity index (χ1n) is 5.30. The van der Waals surface area contributed by atoms with Gasteiger partial charge in [-0.25, -0.2) is 8.42 Å². The zero-order valence-electron chi connectivity index (χ0n) is 8.92. The van der Waals surface area contributed by atoms with E-state index in [9.17, 15) is 18.5 Å². The highest BCUT2D eigenvalue weighted by Gasteiger charge is 2.40. The van der Waals surface area contributed by atoms with E-state index in [-0.39, 0.29) is 11.4 Å². The van der Waals surface area contributed by atoms with Crippen LogP contribution in [0.25, 0.3) is 0 Å². The minimum absolute atomic E-state index is 0.0864. The Morgan fingerprint density at radius 1 is 1.35 bits per heavy atom. The Labute approximate surface area is 98.1 Å². The molecule has 1 aromatic carbocycles.